The summed E-state index contributed by atoms with van der Waals surface area (Å²) in [4.78, 5) is 24.7. The zero-order valence-corrected chi connectivity index (χ0v) is 22.9. The first-order valence-corrected chi connectivity index (χ1v) is 12.8. The number of carboxylic acid groups (broad SMARTS) is 1. The highest BCUT2D eigenvalue weighted by atomic mass is 19.4. The molecule has 1 unspecified atom stereocenters. The van der Waals surface area contributed by atoms with Crippen LogP contribution in [0, 0.1) is 5.92 Å². The number of nitrogens with zero attached hydrogens (tertiary/aromatic N) is 3. The van der Waals surface area contributed by atoms with Crippen LogP contribution in [-0.2, 0) is 27.7 Å². The minimum Gasteiger partial charge on any atom is -0.479 e. The molecule has 0 aliphatic carbocycles. The first kappa shape index (κ1) is 28.9. The van der Waals surface area contributed by atoms with Crippen LogP contribution in [0.4, 0.5) is 24.7 Å². The van der Waals surface area contributed by atoms with Crippen LogP contribution in [0.3, 0.4) is 0 Å². The van der Waals surface area contributed by atoms with Gasteiger partial charge in [-0.25, -0.2) is 14.8 Å². The number of rotatable bonds is 8. The third-order valence-corrected chi connectivity index (χ3v) is 6.38. The molecule has 0 spiro atoms. The average molecular weight is 553 g/mol. The molecule has 0 aliphatic rings. The number of halogens is 3. The summed E-state index contributed by atoms with van der Waals surface area (Å²) >= 11 is 0. The Bertz CT molecular complexity index is 1510. The van der Waals surface area contributed by atoms with E-state index in [1.54, 1.807) is 26.0 Å². The standard InChI is InChI=1S/C30H31F3N4O3/c1-17(2)26(28(38)39)40-16-24-36-23-15-18(25-22(30(31,32)33)7-6-14-34-25)8-13-21(23)27(37-24)35-20-11-9-19(10-12-20)29(3,4)5/h6-15,17,26H,16H2,1-5H3,(H,38,39)(H,35,36,37). The van der Waals surface area contributed by atoms with E-state index in [4.69, 9.17) is 4.74 Å². The Morgan fingerprint density at radius 3 is 2.33 bits per heavy atom. The average Bonchev–Trinajstić information content (AvgIpc) is 2.87. The number of anilines is 2. The van der Waals surface area contributed by atoms with Crippen molar-refractivity contribution in [2.45, 2.75) is 58.9 Å². The van der Waals surface area contributed by atoms with Gasteiger partial charge in [0.1, 0.15) is 12.4 Å². The van der Waals surface area contributed by atoms with Gasteiger partial charge in [0.25, 0.3) is 0 Å². The number of nitrogens with one attached hydrogen (secondary N) is 1. The van der Waals surface area contributed by atoms with Gasteiger partial charge in [-0.1, -0.05) is 52.8 Å². The van der Waals surface area contributed by atoms with Crippen molar-refractivity contribution >= 4 is 28.4 Å². The minimum atomic E-state index is -4.59. The molecule has 0 radical (unpaired) electrons. The Hall–Kier alpha value is -4.05. The van der Waals surface area contributed by atoms with Crippen LogP contribution in [0.2, 0.25) is 0 Å². The number of benzene rings is 2. The Labute approximate surface area is 230 Å². The largest absolute Gasteiger partial charge is 0.479 e. The van der Waals surface area contributed by atoms with Crippen LogP contribution in [0.15, 0.2) is 60.8 Å². The zero-order valence-electron chi connectivity index (χ0n) is 22.9. The number of pyridine rings is 1. The molecule has 0 fully saturated rings. The molecule has 2 aromatic heterocycles. The molecule has 0 amide bonds. The molecule has 210 valence electrons. The molecule has 2 heterocycles. The van der Waals surface area contributed by atoms with Gasteiger partial charge in [-0.15, -0.1) is 0 Å². The lowest BCUT2D eigenvalue weighted by atomic mass is 9.87. The van der Waals surface area contributed by atoms with Crippen LogP contribution in [0.5, 0.6) is 0 Å². The van der Waals surface area contributed by atoms with Gasteiger partial charge in [0, 0.05) is 22.8 Å². The first-order valence-electron chi connectivity index (χ1n) is 12.8. The van der Waals surface area contributed by atoms with E-state index < -0.39 is 23.8 Å². The molecule has 1 atom stereocenters. The number of hydrogen-bond donors (Lipinski definition) is 2. The second-order valence-corrected chi connectivity index (χ2v) is 10.9. The van der Waals surface area contributed by atoms with Crippen LogP contribution >= 0.6 is 0 Å². The molecular weight excluding hydrogens is 521 g/mol. The highest BCUT2D eigenvalue weighted by Crippen LogP contribution is 2.37. The fraction of sp³-hybridized carbons (Fsp3) is 0.333. The number of ether oxygens (including phenoxy) is 1. The number of aromatic nitrogens is 3. The van der Waals surface area contributed by atoms with Crippen molar-refractivity contribution < 1.29 is 27.8 Å². The van der Waals surface area contributed by atoms with Crippen molar-refractivity contribution in [1.82, 2.24) is 15.0 Å². The first-order chi connectivity index (χ1) is 18.7. The monoisotopic (exact) mass is 552 g/mol. The van der Waals surface area contributed by atoms with E-state index in [1.165, 1.54) is 18.3 Å². The van der Waals surface area contributed by atoms with Crippen molar-refractivity contribution in [3.63, 3.8) is 0 Å². The molecule has 4 rings (SSSR count). The summed E-state index contributed by atoms with van der Waals surface area (Å²) in [5.41, 5.74) is 1.38. The lowest BCUT2D eigenvalue weighted by molar-refractivity contribution is -0.154. The molecule has 2 N–H and O–H groups in total. The van der Waals surface area contributed by atoms with Gasteiger partial charge in [-0.2, -0.15) is 13.2 Å². The van der Waals surface area contributed by atoms with Gasteiger partial charge < -0.3 is 15.2 Å². The Morgan fingerprint density at radius 1 is 1.02 bits per heavy atom. The van der Waals surface area contributed by atoms with Crippen molar-refractivity contribution in [1.29, 1.82) is 0 Å². The minimum absolute atomic E-state index is 0.0289. The third-order valence-electron chi connectivity index (χ3n) is 6.38. The molecule has 2 aromatic carbocycles. The van der Waals surface area contributed by atoms with E-state index in [2.05, 4.69) is 41.0 Å². The van der Waals surface area contributed by atoms with E-state index in [0.717, 1.165) is 17.3 Å². The molecule has 0 saturated carbocycles. The molecule has 40 heavy (non-hydrogen) atoms. The van der Waals surface area contributed by atoms with Gasteiger partial charge in [0.2, 0.25) is 0 Å². The van der Waals surface area contributed by atoms with Crippen molar-refractivity contribution in [2.24, 2.45) is 5.92 Å². The number of alkyl halides is 3. The van der Waals surface area contributed by atoms with E-state index >= 15 is 0 Å². The maximum atomic E-state index is 13.7. The molecule has 0 aliphatic heterocycles. The summed E-state index contributed by atoms with van der Waals surface area (Å²) in [5, 5.41) is 13.3. The Morgan fingerprint density at radius 2 is 1.73 bits per heavy atom. The highest BCUT2D eigenvalue weighted by molar-refractivity contribution is 5.93. The summed E-state index contributed by atoms with van der Waals surface area (Å²) < 4.78 is 46.7. The van der Waals surface area contributed by atoms with Crippen LogP contribution in [0.25, 0.3) is 22.2 Å². The fourth-order valence-corrected chi connectivity index (χ4v) is 4.25. The smallest absolute Gasteiger partial charge is 0.418 e. The van der Waals surface area contributed by atoms with E-state index in [0.29, 0.717) is 16.7 Å². The number of carboxylic acids is 1. The van der Waals surface area contributed by atoms with E-state index in [9.17, 15) is 23.1 Å². The lowest BCUT2D eigenvalue weighted by Gasteiger charge is -2.20. The number of fused-ring (bicyclic) bond motifs is 1. The fourth-order valence-electron chi connectivity index (χ4n) is 4.25. The molecule has 7 nitrogen and oxygen atoms in total. The summed E-state index contributed by atoms with van der Waals surface area (Å²) in [5.74, 6) is -0.812. The number of hydrogen-bond acceptors (Lipinski definition) is 6. The summed E-state index contributed by atoms with van der Waals surface area (Å²) in [6.07, 6.45) is -4.35. The molecule has 4 aromatic rings. The van der Waals surface area contributed by atoms with Crippen molar-refractivity contribution in [3.05, 3.63) is 77.7 Å². The van der Waals surface area contributed by atoms with Gasteiger partial charge in [0.15, 0.2) is 11.9 Å². The quantitative estimate of drug-likeness (QED) is 0.235. The predicted octanol–water partition coefficient (Wildman–Crippen LogP) is 7.38. The normalized spacial score (nSPS) is 13.0. The Balaban J connectivity index is 1.79. The van der Waals surface area contributed by atoms with Crippen molar-refractivity contribution in [2.75, 3.05) is 5.32 Å². The maximum Gasteiger partial charge on any atom is 0.418 e. The summed E-state index contributed by atoms with van der Waals surface area (Å²) in [6.45, 7) is 9.60. The Kier molecular flexibility index (Phi) is 8.11. The summed E-state index contributed by atoms with van der Waals surface area (Å²) in [6, 6.07) is 14.8. The summed E-state index contributed by atoms with van der Waals surface area (Å²) in [7, 11) is 0. The van der Waals surface area contributed by atoms with Gasteiger partial charge in [-0.05, 0) is 53.3 Å². The second kappa shape index (κ2) is 11.2. The molecular formula is C30H31F3N4O3. The topological polar surface area (TPSA) is 97.2 Å². The lowest BCUT2D eigenvalue weighted by Crippen LogP contribution is -2.29. The maximum absolute atomic E-state index is 13.7. The number of carbonyl (C=O) groups is 1. The van der Waals surface area contributed by atoms with Crippen molar-refractivity contribution in [3.8, 4) is 11.3 Å². The third kappa shape index (κ3) is 6.56. The van der Waals surface area contributed by atoms with E-state index in [-0.39, 0.29) is 35.0 Å². The molecule has 0 saturated heterocycles. The highest BCUT2D eigenvalue weighted by Gasteiger charge is 2.34. The van der Waals surface area contributed by atoms with Gasteiger partial charge >= 0.3 is 12.1 Å². The SMILES string of the molecule is CC(C)C(OCc1nc(Nc2ccc(C(C)(C)C)cc2)c2ccc(-c3ncccc3C(F)(F)F)cc2n1)C(=O)O. The van der Waals surface area contributed by atoms with Gasteiger partial charge in [-0.3, -0.25) is 4.98 Å². The van der Waals surface area contributed by atoms with Gasteiger partial charge in [0.05, 0.1) is 16.8 Å². The molecule has 10 heteroatoms. The van der Waals surface area contributed by atoms with Crippen LogP contribution in [-0.4, -0.2) is 32.1 Å². The predicted molar refractivity (Wildman–Crippen MR) is 147 cm³/mol. The molecule has 0 bridgehead atoms. The van der Waals surface area contributed by atoms with E-state index in [1.807, 2.05) is 24.3 Å². The van der Waals surface area contributed by atoms with Crippen LogP contribution in [0.1, 0.15) is 51.6 Å². The second-order valence-electron chi connectivity index (χ2n) is 10.9. The number of aliphatic carboxylic acids is 1. The van der Waals surface area contributed by atoms with Crippen LogP contribution < -0.4 is 5.32 Å². The zero-order chi connectivity index (χ0) is 29.2.